The Morgan fingerprint density at radius 2 is 1.93 bits per heavy atom. The Morgan fingerprint density at radius 3 is 2.67 bits per heavy atom. The normalized spacial score (nSPS) is 11.2. The summed E-state index contributed by atoms with van der Waals surface area (Å²) in [6.07, 6.45) is 4.82. The van der Waals surface area contributed by atoms with Crippen molar-refractivity contribution in [3.63, 3.8) is 0 Å². The van der Waals surface area contributed by atoms with Crippen molar-refractivity contribution in [1.29, 1.82) is 0 Å². The van der Waals surface area contributed by atoms with Crippen molar-refractivity contribution in [2.75, 3.05) is 0 Å². The Morgan fingerprint density at radius 1 is 1.15 bits per heavy atom. The monoisotopic (exact) mass is 423 g/mol. The van der Waals surface area contributed by atoms with Crippen LogP contribution in [0.25, 0.3) is 11.0 Å². The lowest BCUT2D eigenvalue weighted by molar-refractivity contribution is -0.690. The Balaban J connectivity index is 1.56. The molecule has 2 heterocycles. The molecule has 5 heteroatoms. The molecule has 4 nitrogen and oxygen atoms in total. The van der Waals surface area contributed by atoms with Crippen LogP contribution in [0.5, 0.6) is 0 Å². The maximum atomic E-state index is 12.6. The summed E-state index contributed by atoms with van der Waals surface area (Å²) in [5.41, 5.74) is 1.62. The summed E-state index contributed by atoms with van der Waals surface area (Å²) in [4.78, 5) is 12.6. The van der Waals surface area contributed by atoms with Crippen LogP contribution in [0.1, 0.15) is 28.9 Å². The van der Waals surface area contributed by atoms with Crippen LogP contribution in [0, 0.1) is 0 Å². The summed E-state index contributed by atoms with van der Waals surface area (Å²) in [6.45, 7) is 3.08. The number of imidazole rings is 1. The fourth-order valence-electron chi connectivity index (χ4n) is 3.36. The van der Waals surface area contributed by atoms with Crippen molar-refractivity contribution in [3.8, 4) is 0 Å². The molecular weight excluding hydrogens is 404 g/mol. The molecule has 0 fully saturated rings. The van der Waals surface area contributed by atoms with E-state index in [-0.39, 0.29) is 5.78 Å². The van der Waals surface area contributed by atoms with Gasteiger partial charge in [0, 0.05) is 21.8 Å². The standard InChI is InChI=1S/C22H20BrN2O2/c1-2-22-24(14-19-13-17-5-3-4-6-21(17)27-19)11-12-25(22)15-20(26)16-7-9-18(23)10-8-16/h3-13H,2,14-15H2,1H3/q+1. The number of fused-ring (bicyclic) bond motifs is 1. The Hall–Kier alpha value is -2.66. The molecule has 2 aromatic carbocycles. The number of hydrogen-bond acceptors (Lipinski definition) is 2. The zero-order chi connectivity index (χ0) is 18.8. The van der Waals surface area contributed by atoms with Crippen LogP contribution in [0.15, 0.2) is 75.9 Å². The van der Waals surface area contributed by atoms with Gasteiger partial charge in [0.05, 0.1) is 0 Å². The quantitative estimate of drug-likeness (QED) is 0.330. The fraction of sp³-hybridized carbons (Fsp3) is 0.182. The molecule has 0 aliphatic carbocycles. The van der Waals surface area contributed by atoms with Gasteiger partial charge >= 0.3 is 0 Å². The van der Waals surface area contributed by atoms with E-state index in [1.54, 1.807) is 0 Å². The summed E-state index contributed by atoms with van der Waals surface area (Å²) in [7, 11) is 0. The van der Waals surface area contributed by atoms with E-state index in [0.717, 1.165) is 39.0 Å². The third-order valence-corrected chi connectivity index (χ3v) is 5.22. The molecule has 2 aromatic heterocycles. The zero-order valence-electron chi connectivity index (χ0n) is 15.1. The van der Waals surface area contributed by atoms with Gasteiger partial charge in [0.15, 0.2) is 6.54 Å². The second-order valence-electron chi connectivity index (χ2n) is 6.50. The van der Waals surface area contributed by atoms with Gasteiger partial charge in [0.2, 0.25) is 5.78 Å². The van der Waals surface area contributed by atoms with Gasteiger partial charge in [0.25, 0.3) is 5.82 Å². The summed E-state index contributed by atoms with van der Waals surface area (Å²) < 4.78 is 11.1. The first kappa shape index (κ1) is 17.7. The molecule has 0 spiro atoms. The molecule has 0 saturated heterocycles. The topological polar surface area (TPSA) is 39.0 Å². The van der Waals surface area contributed by atoms with Crippen LogP contribution in [-0.4, -0.2) is 10.4 Å². The summed E-state index contributed by atoms with van der Waals surface area (Å²) in [5.74, 6) is 2.11. The second kappa shape index (κ2) is 7.53. The number of carbonyl (C=O) groups excluding carboxylic acids is 1. The van der Waals surface area contributed by atoms with Crippen LogP contribution in [0.3, 0.4) is 0 Å². The predicted molar refractivity (Wildman–Crippen MR) is 108 cm³/mol. The molecule has 0 unspecified atom stereocenters. The van der Waals surface area contributed by atoms with Crippen molar-refractivity contribution in [2.45, 2.75) is 26.4 Å². The number of furan rings is 1. The van der Waals surface area contributed by atoms with E-state index in [1.807, 2.05) is 59.4 Å². The van der Waals surface area contributed by atoms with Gasteiger partial charge < -0.3 is 4.42 Å². The first-order valence-corrected chi connectivity index (χ1v) is 9.77. The van der Waals surface area contributed by atoms with Crippen molar-refractivity contribution < 1.29 is 13.8 Å². The SMILES string of the molecule is CCc1n(Cc2cc3ccccc3o2)cc[n+]1CC(=O)c1ccc(Br)cc1. The maximum Gasteiger partial charge on any atom is 0.256 e. The van der Waals surface area contributed by atoms with Gasteiger partial charge in [-0.05, 0) is 24.3 Å². The number of aromatic nitrogens is 2. The fourth-order valence-corrected chi connectivity index (χ4v) is 3.62. The van der Waals surface area contributed by atoms with Gasteiger partial charge in [0.1, 0.15) is 30.3 Å². The minimum Gasteiger partial charge on any atom is -0.457 e. The lowest BCUT2D eigenvalue weighted by Gasteiger charge is -2.03. The molecule has 0 saturated carbocycles. The van der Waals surface area contributed by atoms with Gasteiger partial charge in [-0.3, -0.25) is 4.79 Å². The molecule has 0 atom stereocenters. The number of carbonyl (C=O) groups is 1. The average Bonchev–Trinajstić information content (AvgIpc) is 3.25. The van der Waals surface area contributed by atoms with E-state index in [0.29, 0.717) is 13.1 Å². The van der Waals surface area contributed by atoms with Crippen molar-refractivity contribution >= 4 is 32.7 Å². The Labute approximate surface area is 166 Å². The highest BCUT2D eigenvalue weighted by Gasteiger charge is 2.20. The first-order valence-electron chi connectivity index (χ1n) is 8.97. The smallest absolute Gasteiger partial charge is 0.256 e. The van der Waals surface area contributed by atoms with Crippen LogP contribution in [-0.2, 0) is 19.5 Å². The van der Waals surface area contributed by atoms with Crippen LogP contribution < -0.4 is 4.57 Å². The van der Waals surface area contributed by atoms with Crippen molar-refractivity contribution in [1.82, 2.24) is 4.57 Å². The molecule has 0 aliphatic rings. The molecule has 4 rings (SSSR count). The molecule has 0 bridgehead atoms. The number of rotatable bonds is 6. The van der Waals surface area contributed by atoms with Crippen LogP contribution in [0.2, 0.25) is 0 Å². The van der Waals surface area contributed by atoms with Gasteiger partial charge in [-0.1, -0.05) is 53.2 Å². The number of benzene rings is 2. The second-order valence-corrected chi connectivity index (χ2v) is 7.42. The molecule has 4 aromatic rings. The van der Waals surface area contributed by atoms with E-state index >= 15 is 0 Å². The number of hydrogen-bond donors (Lipinski definition) is 0. The number of para-hydroxylation sites is 1. The third kappa shape index (κ3) is 3.74. The largest absolute Gasteiger partial charge is 0.457 e. The predicted octanol–water partition coefficient (Wildman–Crippen LogP) is 4.78. The summed E-state index contributed by atoms with van der Waals surface area (Å²) >= 11 is 3.40. The third-order valence-electron chi connectivity index (χ3n) is 4.69. The molecular formula is C22H20BrN2O2+. The molecule has 136 valence electrons. The Kier molecular flexibility index (Phi) is 4.94. The number of nitrogens with zero attached hydrogens (tertiary/aromatic N) is 2. The van der Waals surface area contributed by atoms with Gasteiger partial charge in [-0.15, -0.1) is 0 Å². The zero-order valence-corrected chi connectivity index (χ0v) is 16.6. The van der Waals surface area contributed by atoms with E-state index in [1.165, 1.54) is 0 Å². The lowest BCUT2D eigenvalue weighted by Crippen LogP contribution is -2.40. The lowest BCUT2D eigenvalue weighted by atomic mass is 10.1. The van der Waals surface area contributed by atoms with E-state index < -0.39 is 0 Å². The maximum absolute atomic E-state index is 12.6. The number of halogens is 1. The molecule has 0 N–H and O–H groups in total. The minimum atomic E-state index is 0.101. The van der Waals surface area contributed by atoms with Crippen molar-refractivity contribution in [3.05, 3.63) is 88.6 Å². The molecule has 27 heavy (non-hydrogen) atoms. The highest BCUT2D eigenvalue weighted by Crippen LogP contribution is 2.20. The van der Waals surface area contributed by atoms with E-state index in [2.05, 4.69) is 39.6 Å². The molecule has 0 aliphatic heterocycles. The number of Topliss-reactive ketones (excluding diaryl/α,β-unsaturated/α-hetero) is 1. The minimum absolute atomic E-state index is 0.101. The Bertz CT molecular complexity index is 1060. The summed E-state index contributed by atoms with van der Waals surface area (Å²) in [5, 5.41) is 1.11. The van der Waals surface area contributed by atoms with Gasteiger partial charge in [-0.25, -0.2) is 9.13 Å². The van der Waals surface area contributed by atoms with Crippen LogP contribution in [0.4, 0.5) is 0 Å². The highest BCUT2D eigenvalue weighted by atomic mass is 79.9. The molecule has 0 radical (unpaired) electrons. The van der Waals surface area contributed by atoms with Gasteiger partial charge in [-0.2, -0.15) is 0 Å². The van der Waals surface area contributed by atoms with Crippen LogP contribution >= 0.6 is 15.9 Å². The number of ketones is 1. The molecule has 0 amide bonds. The van der Waals surface area contributed by atoms with Crippen molar-refractivity contribution in [2.24, 2.45) is 0 Å². The average molecular weight is 424 g/mol. The summed E-state index contributed by atoms with van der Waals surface area (Å²) in [6, 6.07) is 17.6. The first-order chi connectivity index (χ1) is 13.1. The highest BCUT2D eigenvalue weighted by molar-refractivity contribution is 9.10. The van der Waals surface area contributed by atoms with E-state index in [9.17, 15) is 4.79 Å². The van der Waals surface area contributed by atoms with E-state index in [4.69, 9.17) is 4.42 Å².